The lowest BCUT2D eigenvalue weighted by Gasteiger charge is -2.05. The molecule has 1 aromatic heterocycles. The summed E-state index contributed by atoms with van der Waals surface area (Å²) in [4.78, 5) is 15.4. The van der Waals surface area contributed by atoms with Gasteiger partial charge in [-0.25, -0.2) is 10.8 Å². The fourth-order valence-corrected chi connectivity index (χ4v) is 1.25. The van der Waals surface area contributed by atoms with E-state index in [-0.39, 0.29) is 11.1 Å². The first-order valence-electron chi connectivity index (χ1n) is 4.59. The highest BCUT2D eigenvalue weighted by molar-refractivity contribution is 6.29. The topological polar surface area (TPSA) is 80.0 Å². The smallest absolute Gasteiger partial charge is 0.251 e. The second kappa shape index (κ2) is 5.53. The Kier molecular flexibility index (Phi) is 4.33. The lowest BCUT2D eigenvalue weighted by Crippen LogP contribution is -2.24. The average Bonchev–Trinajstić information content (AvgIpc) is 2.24. The maximum Gasteiger partial charge on any atom is 0.251 e. The SMILES string of the molecule is CCCNC(=O)c1cc(Cl)nc(NN)c1. The van der Waals surface area contributed by atoms with Crippen molar-refractivity contribution >= 4 is 23.3 Å². The Morgan fingerprint density at radius 3 is 2.93 bits per heavy atom. The van der Waals surface area contributed by atoms with Crippen LogP contribution in [-0.2, 0) is 0 Å². The Hall–Kier alpha value is -1.33. The van der Waals surface area contributed by atoms with Crippen molar-refractivity contribution < 1.29 is 4.79 Å². The number of nitrogens with two attached hydrogens (primary N) is 1. The fourth-order valence-electron chi connectivity index (χ4n) is 1.04. The third kappa shape index (κ3) is 3.38. The van der Waals surface area contributed by atoms with Crippen molar-refractivity contribution in [2.45, 2.75) is 13.3 Å². The van der Waals surface area contributed by atoms with E-state index in [1.54, 1.807) is 0 Å². The van der Waals surface area contributed by atoms with E-state index in [0.29, 0.717) is 17.9 Å². The van der Waals surface area contributed by atoms with Gasteiger partial charge in [-0.05, 0) is 18.6 Å². The molecule has 0 aliphatic rings. The van der Waals surface area contributed by atoms with Gasteiger partial charge in [0.25, 0.3) is 5.91 Å². The molecule has 0 aromatic carbocycles. The summed E-state index contributed by atoms with van der Waals surface area (Å²) in [5, 5.41) is 2.96. The number of hydrogen-bond donors (Lipinski definition) is 3. The third-order valence-electron chi connectivity index (χ3n) is 1.74. The van der Waals surface area contributed by atoms with E-state index in [4.69, 9.17) is 17.4 Å². The second-order valence-electron chi connectivity index (χ2n) is 2.96. The molecule has 15 heavy (non-hydrogen) atoms. The molecule has 6 heteroatoms. The number of rotatable bonds is 4. The van der Waals surface area contributed by atoms with E-state index in [0.717, 1.165) is 6.42 Å². The van der Waals surface area contributed by atoms with Crippen LogP contribution in [0.15, 0.2) is 12.1 Å². The number of carbonyl (C=O) groups is 1. The molecule has 0 radical (unpaired) electrons. The highest BCUT2D eigenvalue weighted by atomic mass is 35.5. The third-order valence-corrected chi connectivity index (χ3v) is 1.93. The van der Waals surface area contributed by atoms with Gasteiger partial charge in [0.05, 0.1) is 0 Å². The van der Waals surface area contributed by atoms with Crippen molar-refractivity contribution in [3.8, 4) is 0 Å². The molecule has 0 spiro atoms. The minimum Gasteiger partial charge on any atom is -0.352 e. The zero-order valence-corrected chi connectivity index (χ0v) is 9.14. The first-order chi connectivity index (χ1) is 7.17. The summed E-state index contributed by atoms with van der Waals surface area (Å²) in [6.07, 6.45) is 0.881. The molecule has 1 aromatic rings. The van der Waals surface area contributed by atoms with E-state index in [9.17, 15) is 4.79 Å². The normalized spacial score (nSPS) is 9.80. The van der Waals surface area contributed by atoms with E-state index >= 15 is 0 Å². The van der Waals surface area contributed by atoms with Crippen LogP contribution < -0.4 is 16.6 Å². The Bertz CT molecular complexity index is 356. The van der Waals surface area contributed by atoms with Gasteiger partial charge in [0.2, 0.25) is 0 Å². The number of amides is 1. The number of halogens is 1. The zero-order chi connectivity index (χ0) is 11.3. The number of nitrogens with zero attached hydrogens (tertiary/aromatic N) is 1. The van der Waals surface area contributed by atoms with Gasteiger partial charge in [0.15, 0.2) is 0 Å². The number of aromatic nitrogens is 1. The highest BCUT2D eigenvalue weighted by Gasteiger charge is 2.07. The van der Waals surface area contributed by atoms with E-state index in [1.165, 1.54) is 12.1 Å². The molecule has 82 valence electrons. The summed E-state index contributed by atoms with van der Waals surface area (Å²) in [5.74, 6) is 5.37. The van der Waals surface area contributed by atoms with Gasteiger partial charge in [-0.1, -0.05) is 18.5 Å². The van der Waals surface area contributed by atoms with Gasteiger partial charge in [0.1, 0.15) is 11.0 Å². The number of nitrogen functional groups attached to an aromatic ring is 1. The second-order valence-corrected chi connectivity index (χ2v) is 3.35. The van der Waals surface area contributed by atoms with Crippen LogP contribution in [0.1, 0.15) is 23.7 Å². The monoisotopic (exact) mass is 228 g/mol. The Morgan fingerprint density at radius 1 is 1.60 bits per heavy atom. The van der Waals surface area contributed by atoms with Gasteiger partial charge in [-0.2, -0.15) is 0 Å². The molecule has 0 saturated heterocycles. The number of anilines is 1. The number of nitrogens with one attached hydrogen (secondary N) is 2. The lowest BCUT2D eigenvalue weighted by atomic mass is 10.2. The molecule has 0 aliphatic heterocycles. The average molecular weight is 229 g/mol. The van der Waals surface area contributed by atoms with Crippen LogP contribution in [0.3, 0.4) is 0 Å². The van der Waals surface area contributed by atoms with Crippen molar-refractivity contribution in [3.05, 3.63) is 22.8 Å². The molecule has 0 bridgehead atoms. The molecule has 0 unspecified atom stereocenters. The molecular weight excluding hydrogens is 216 g/mol. The van der Waals surface area contributed by atoms with Gasteiger partial charge in [-0.3, -0.25) is 4.79 Å². The predicted octanol–water partition coefficient (Wildman–Crippen LogP) is 1.16. The first-order valence-corrected chi connectivity index (χ1v) is 4.97. The molecule has 1 heterocycles. The largest absolute Gasteiger partial charge is 0.352 e. The van der Waals surface area contributed by atoms with Crippen LogP contribution in [0.5, 0.6) is 0 Å². The minimum absolute atomic E-state index is 0.183. The lowest BCUT2D eigenvalue weighted by molar-refractivity contribution is 0.0953. The molecule has 1 amide bonds. The Balaban J connectivity index is 2.83. The summed E-state index contributed by atoms with van der Waals surface area (Å²) in [5.41, 5.74) is 2.78. The number of hydrogen-bond acceptors (Lipinski definition) is 4. The van der Waals surface area contributed by atoms with E-state index < -0.39 is 0 Å². The maximum atomic E-state index is 11.6. The molecule has 0 saturated carbocycles. The molecule has 0 aliphatic carbocycles. The van der Waals surface area contributed by atoms with Crippen LogP contribution in [0, 0.1) is 0 Å². The van der Waals surface area contributed by atoms with Crippen molar-refractivity contribution in [2.75, 3.05) is 12.0 Å². The summed E-state index contributed by atoms with van der Waals surface area (Å²) in [7, 11) is 0. The van der Waals surface area contributed by atoms with Crippen LogP contribution in [-0.4, -0.2) is 17.4 Å². The van der Waals surface area contributed by atoms with E-state index in [2.05, 4.69) is 15.7 Å². The van der Waals surface area contributed by atoms with Crippen molar-refractivity contribution in [1.82, 2.24) is 10.3 Å². The molecule has 0 fully saturated rings. The summed E-state index contributed by atoms with van der Waals surface area (Å²) in [6, 6.07) is 3.03. The van der Waals surface area contributed by atoms with Crippen LogP contribution >= 0.6 is 11.6 Å². The van der Waals surface area contributed by atoms with E-state index in [1.807, 2.05) is 6.92 Å². The Labute approximate surface area is 93.0 Å². The Morgan fingerprint density at radius 2 is 2.33 bits per heavy atom. The molecule has 1 rings (SSSR count). The van der Waals surface area contributed by atoms with Crippen LogP contribution in [0.2, 0.25) is 5.15 Å². The van der Waals surface area contributed by atoms with Crippen LogP contribution in [0.4, 0.5) is 5.82 Å². The number of hydrazine groups is 1. The fraction of sp³-hybridized carbons (Fsp3) is 0.333. The number of pyridine rings is 1. The van der Waals surface area contributed by atoms with Gasteiger partial charge < -0.3 is 10.7 Å². The quantitative estimate of drug-likeness (QED) is 0.411. The minimum atomic E-state index is -0.183. The summed E-state index contributed by atoms with van der Waals surface area (Å²) >= 11 is 5.72. The summed E-state index contributed by atoms with van der Waals surface area (Å²) < 4.78 is 0. The standard InChI is InChI=1S/C9H13ClN4O/c1-2-3-12-9(15)6-4-7(10)13-8(5-6)14-11/h4-5H,2-3,11H2,1H3,(H,12,15)(H,13,14). The van der Waals surface area contributed by atoms with Crippen molar-refractivity contribution in [3.63, 3.8) is 0 Å². The molecule has 0 atom stereocenters. The zero-order valence-electron chi connectivity index (χ0n) is 8.38. The highest BCUT2D eigenvalue weighted by Crippen LogP contribution is 2.13. The maximum absolute atomic E-state index is 11.6. The van der Waals surface area contributed by atoms with Gasteiger partial charge >= 0.3 is 0 Å². The summed E-state index contributed by atoms with van der Waals surface area (Å²) in [6.45, 7) is 2.61. The molecular formula is C9H13ClN4O. The number of carbonyl (C=O) groups excluding carboxylic acids is 1. The van der Waals surface area contributed by atoms with Gasteiger partial charge in [-0.15, -0.1) is 0 Å². The van der Waals surface area contributed by atoms with Crippen LogP contribution in [0.25, 0.3) is 0 Å². The predicted molar refractivity (Wildman–Crippen MR) is 59.7 cm³/mol. The van der Waals surface area contributed by atoms with Gasteiger partial charge in [0, 0.05) is 12.1 Å². The first kappa shape index (κ1) is 11.7. The molecule has 5 nitrogen and oxygen atoms in total. The molecule has 4 N–H and O–H groups in total. The van der Waals surface area contributed by atoms with Crippen molar-refractivity contribution in [2.24, 2.45) is 5.84 Å². The van der Waals surface area contributed by atoms with Crippen molar-refractivity contribution in [1.29, 1.82) is 0 Å².